The smallest absolute Gasteiger partial charge is 0.343 e. The molecule has 1 aromatic heterocycles. The zero-order chi connectivity index (χ0) is 59.6. The van der Waals surface area contributed by atoms with Gasteiger partial charge in [0.05, 0.1) is 60.6 Å². The predicted octanol–water partition coefficient (Wildman–Crippen LogP) is 5.89. The third kappa shape index (κ3) is 15.6. The first-order valence-electron chi connectivity index (χ1n) is 29.1. The second-order valence-electron chi connectivity index (χ2n) is 23.7. The molecule has 1 aromatic carbocycles. The molecular weight excluding hydrogens is 1030 g/mol. The van der Waals surface area contributed by atoms with Crippen LogP contribution in [0.1, 0.15) is 150 Å². The van der Waals surface area contributed by atoms with Gasteiger partial charge in [-0.15, -0.1) is 0 Å². The van der Waals surface area contributed by atoms with Crippen LogP contribution in [0.25, 0.3) is 10.9 Å². The van der Waals surface area contributed by atoms with Gasteiger partial charge >= 0.3 is 17.9 Å². The van der Waals surface area contributed by atoms with Crippen LogP contribution in [0.3, 0.4) is 0 Å². The molecule has 80 heavy (non-hydrogen) atoms. The Bertz CT molecular complexity index is 2430. The number of ketones is 1. The van der Waals surface area contributed by atoms with Crippen molar-refractivity contribution < 1.29 is 77.1 Å². The Kier molecular flexibility index (Phi) is 24.3. The number of aromatic nitrogens is 1. The average molecular weight is 1130 g/mol. The number of nitrogens with one attached hydrogen (secondary N) is 1. The zero-order valence-corrected chi connectivity index (χ0v) is 50.6. The molecular formula is C60H97N3O17. The average Bonchev–Trinajstić information content (AvgIpc) is 3.47. The van der Waals surface area contributed by atoms with Gasteiger partial charge in [0.1, 0.15) is 34.8 Å². The van der Waals surface area contributed by atoms with E-state index in [0.717, 1.165) is 23.9 Å². The number of ether oxygens (including phenoxy) is 9. The minimum Gasteiger partial charge on any atom is -0.462 e. The number of methoxy groups -OCH3 is 2. The molecule has 0 spiro atoms. The summed E-state index contributed by atoms with van der Waals surface area (Å²) in [6.45, 7) is 22.7. The Morgan fingerprint density at radius 3 is 2.17 bits per heavy atom. The number of aliphatic hydroxyl groups is 3. The van der Waals surface area contributed by atoms with Crippen LogP contribution in [0.15, 0.2) is 29.2 Å². The lowest BCUT2D eigenvalue weighted by molar-refractivity contribution is -0.320. The summed E-state index contributed by atoms with van der Waals surface area (Å²) in [5.74, 6) is -5.91. The highest BCUT2D eigenvalue weighted by molar-refractivity contribution is 5.94. The minimum absolute atomic E-state index is 0.0203. The first kappa shape index (κ1) is 66.9. The molecule has 0 bridgehead atoms. The molecule has 5 rings (SSSR count). The summed E-state index contributed by atoms with van der Waals surface area (Å²) in [6, 6.07) is 5.39. The quantitative estimate of drug-likeness (QED) is 0.0646. The molecule has 0 aliphatic carbocycles. The number of unbranched alkanes of at least 4 members (excludes halogenated alkanes) is 1. The Labute approximate surface area is 474 Å². The monoisotopic (exact) mass is 1130 g/mol. The maximum atomic E-state index is 14.6. The van der Waals surface area contributed by atoms with Gasteiger partial charge in [-0.25, -0.2) is 4.79 Å². The predicted molar refractivity (Wildman–Crippen MR) is 300 cm³/mol. The number of Topliss-reactive ketones (excluding diaryl/α,β-unsaturated/α-hetero) is 1. The van der Waals surface area contributed by atoms with Gasteiger partial charge in [0.15, 0.2) is 18.7 Å². The fraction of sp³-hybridized carbons (Fsp3) is 0.783. The minimum atomic E-state index is -2.03. The van der Waals surface area contributed by atoms with Crippen molar-refractivity contribution in [2.75, 3.05) is 48.0 Å². The van der Waals surface area contributed by atoms with Crippen molar-refractivity contribution in [2.45, 2.75) is 232 Å². The molecule has 0 radical (unpaired) electrons. The molecule has 20 nitrogen and oxygen atoms in total. The number of carbonyl (C=O) groups is 4. The maximum absolute atomic E-state index is 14.6. The number of aryl methyl sites for hydroxylation is 2. The van der Waals surface area contributed by atoms with E-state index in [-0.39, 0.29) is 61.2 Å². The number of hydrogen-bond acceptors (Lipinski definition) is 19. The third-order valence-corrected chi connectivity index (χ3v) is 17.2. The van der Waals surface area contributed by atoms with Gasteiger partial charge in [-0.2, -0.15) is 0 Å². The molecule has 0 saturated carbocycles. The molecule has 3 aliphatic heterocycles. The van der Waals surface area contributed by atoms with Crippen molar-refractivity contribution >= 4 is 34.6 Å². The molecule has 3 fully saturated rings. The summed E-state index contributed by atoms with van der Waals surface area (Å²) in [4.78, 5) is 70.6. The highest BCUT2D eigenvalue weighted by Gasteiger charge is 2.55. The first-order valence-corrected chi connectivity index (χ1v) is 29.1. The standard InChI is InChI=1S/C60H97N3O17/c1-17-20-28-74-56(70)42-33-63(19-3)43-24-23-40(30-41(43)49(42)66)22-21-26-61-27-25-46(64)78-54-39(9)76-47(32-59(54,11)73-16)79-51-37(7)53(80-57-50(67)44(62(13)14)29-35(5)75-57)58(10,72-15)31-34(4)48(65)36(6)52(68)60(12,71)45(18-2)77-55(69)38(51)8/h23-24,30,33-39,44-45,47,50-54,57,61,67-68,71H,17-22,25-29,31-32H2,1-16H3/t34-,35+,36-,37-,38+,39-,44-,45+,47-,50+,51-,52+,53+,54-,57-,58+,59+,60+/m0/s1. The van der Waals surface area contributed by atoms with Gasteiger partial charge in [-0.1, -0.05) is 47.1 Å². The van der Waals surface area contributed by atoms with E-state index < -0.39 is 114 Å². The van der Waals surface area contributed by atoms with Crippen molar-refractivity contribution in [3.8, 4) is 0 Å². The van der Waals surface area contributed by atoms with Gasteiger partial charge in [0.25, 0.3) is 0 Å². The fourth-order valence-electron chi connectivity index (χ4n) is 12.1. The van der Waals surface area contributed by atoms with Crippen LogP contribution in [0.2, 0.25) is 0 Å². The molecule has 3 aliphatic rings. The lowest BCUT2D eigenvalue weighted by Crippen LogP contribution is -2.61. The van der Waals surface area contributed by atoms with Gasteiger partial charge in [-0.05, 0) is 125 Å². The number of aliphatic hydroxyl groups excluding tert-OH is 2. The van der Waals surface area contributed by atoms with Crippen LogP contribution >= 0.6 is 0 Å². The SMILES string of the molecule is CCCCOC(=O)c1cn(CC)c2ccc(CCCNCCC(=O)O[C@H]3[C@H](C)O[C@@H](O[C@H]4[C@H](C)[C@@H](O[C@@H]5O[C@H](C)C[C@H](N(C)C)[C@H]5O)[C@](C)(OC)C[C@H](C)C(=O)[C@H](C)[C@@H](O)[C@](C)(O)[C@@H](CC)OC(=O)[C@@H]4C)C[C@@]3(C)OC)cc2c1=O. The van der Waals surface area contributed by atoms with E-state index in [9.17, 15) is 39.3 Å². The zero-order valence-electron chi connectivity index (χ0n) is 50.6. The van der Waals surface area contributed by atoms with Crippen LogP contribution in [0.5, 0.6) is 0 Å². The van der Waals surface area contributed by atoms with E-state index in [1.165, 1.54) is 21.1 Å². The molecule has 3 saturated heterocycles. The third-order valence-electron chi connectivity index (χ3n) is 17.2. The topological polar surface area (TPSA) is 249 Å². The molecule has 0 unspecified atom stereocenters. The number of hydrogen-bond donors (Lipinski definition) is 4. The number of esters is 3. The molecule has 18 atom stereocenters. The summed E-state index contributed by atoms with van der Waals surface area (Å²) in [5, 5.41) is 39.1. The summed E-state index contributed by atoms with van der Waals surface area (Å²) in [6.07, 6.45) is -4.98. The van der Waals surface area contributed by atoms with E-state index in [0.29, 0.717) is 44.3 Å². The molecule has 4 heterocycles. The molecule has 4 N–H and O–H groups in total. The highest BCUT2D eigenvalue weighted by Crippen LogP contribution is 2.42. The van der Waals surface area contributed by atoms with Crippen LogP contribution < -0.4 is 10.7 Å². The van der Waals surface area contributed by atoms with E-state index >= 15 is 0 Å². The van der Waals surface area contributed by atoms with E-state index in [4.69, 9.17) is 42.6 Å². The summed E-state index contributed by atoms with van der Waals surface area (Å²) < 4.78 is 58.7. The van der Waals surface area contributed by atoms with E-state index in [1.807, 2.05) is 69.5 Å². The lowest BCUT2D eigenvalue weighted by atomic mass is 9.74. The summed E-state index contributed by atoms with van der Waals surface area (Å²) in [7, 11) is 6.75. The van der Waals surface area contributed by atoms with Crippen LogP contribution in [0.4, 0.5) is 0 Å². The second-order valence-corrected chi connectivity index (χ2v) is 23.7. The van der Waals surface area contributed by atoms with Crippen molar-refractivity contribution in [3.63, 3.8) is 0 Å². The van der Waals surface area contributed by atoms with Crippen molar-refractivity contribution in [1.29, 1.82) is 0 Å². The number of cyclic esters (lactones) is 1. The molecule has 20 heteroatoms. The first-order chi connectivity index (χ1) is 37.6. The van der Waals surface area contributed by atoms with Gasteiger partial charge in [0, 0.05) is 69.1 Å². The number of pyridine rings is 1. The Balaban J connectivity index is 1.33. The largest absolute Gasteiger partial charge is 0.462 e. The Morgan fingerprint density at radius 2 is 1.55 bits per heavy atom. The normalized spacial score (nSPS) is 35.9. The van der Waals surface area contributed by atoms with Crippen molar-refractivity contribution in [2.24, 2.45) is 23.7 Å². The van der Waals surface area contributed by atoms with Crippen molar-refractivity contribution in [1.82, 2.24) is 14.8 Å². The number of benzene rings is 1. The van der Waals surface area contributed by atoms with E-state index in [1.54, 1.807) is 54.7 Å². The van der Waals surface area contributed by atoms with Crippen LogP contribution in [-0.2, 0) is 70.0 Å². The van der Waals surface area contributed by atoms with Crippen LogP contribution in [0, 0.1) is 23.7 Å². The number of likely N-dealkylation sites (N-methyl/N-ethyl adjacent to an activating group) is 1. The van der Waals surface area contributed by atoms with Crippen molar-refractivity contribution in [3.05, 3.63) is 45.7 Å². The van der Waals surface area contributed by atoms with Gasteiger partial charge in [0.2, 0.25) is 5.43 Å². The van der Waals surface area contributed by atoms with Gasteiger partial charge in [-0.3, -0.25) is 19.2 Å². The van der Waals surface area contributed by atoms with E-state index in [2.05, 4.69) is 5.32 Å². The lowest BCUT2D eigenvalue weighted by Gasteiger charge is -2.50. The highest BCUT2D eigenvalue weighted by atomic mass is 16.7. The number of nitrogens with zero attached hydrogens (tertiary/aromatic N) is 2. The fourth-order valence-corrected chi connectivity index (χ4v) is 12.1. The maximum Gasteiger partial charge on any atom is 0.343 e. The number of carbonyl (C=O) groups excluding carboxylic acids is 4. The number of rotatable bonds is 21. The summed E-state index contributed by atoms with van der Waals surface area (Å²) in [5.41, 5.74) is -3.16. The molecule has 454 valence electrons. The molecule has 2 aromatic rings. The van der Waals surface area contributed by atoms with Gasteiger partial charge < -0.3 is 72.7 Å². The summed E-state index contributed by atoms with van der Waals surface area (Å²) >= 11 is 0. The number of fused-ring (bicyclic) bond motifs is 1. The second kappa shape index (κ2) is 29.1. The Morgan fingerprint density at radius 1 is 0.875 bits per heavy atom. The van der Waals surface area contributed by atoms with Crippen LogP contribution in [-0.4, -0.2) is 181 Å². The Hall–Kier alpha value is -3.93. The molecule has 0 amide bonds.